The van der Waals surface area contributed by atoms with E-state index in [1.165, 1.54) is 31.6 Å². The Bertz CT molecular complexity index is 373. The van der Waals surface area contributed by atoms with Gasteiger partial charge in [0.05, 0.1) is 6.54 Å². The molecule has 1 aliphatic carbocycles. The standard InChI is InChI=1S/C13H22N4/c14-8-11-2-1-3-12(11)9-16-6-7-17-5-4-15-13(17)10-16/h4-5,11-12H,1-3,6-10,14H2. The molecule has 4 nitrogen and oxygen atoms in total. The largest absolute Gasteiger partial charge is 0.333 e. The molecule has 0 amide bonds. The van der Waals surface area contributed by atoms with Crippen LogP contribution in [0.4, 0.5) is 0 Å². The number of hydrogen-bond donors (Lipinski definition) is 1. The van der Waals surface area contributed by atoms with E-state index < -0.39 is 0 Å². The van der Waals surface area contributed by atoms with E-state index in [2.05, 4.69) is 20.6 Å². The molecule has 94 valence electrons. The van der Waals surface area contributed by atoms with Crippen LogP contribution in [0.2, 0.25) is 0 Å². The van der Waals surface area contributed by atoms with Crippen molar-refractivity contribution < 1.29 is 0 Å². The van der Waals surface area contributed by atoms with E-state index in [1.807, 2.05) is 6.20 Å². The van der Waals surface area contributed by atoms with Crippen LogP contribution in [0.15, 0.2) is 12.4 Å². The summed E-state index contributed by atoms with van der Waals surface area (Å²) in [6.07, 6.45) is 8.08. The monoisotopic (exact) mass is 234 g/mol. The van der Waals surface area contributed by atoms with E-state index in [9.17, 15) is 0 Å². The zero-order chi connectivity index (χ0) is 11.7. The Morgan fingerprint density at radius 1 is 1.29 bits per heavy atom. The Balaban J connectivity index is 1.60. The summed E-state index contributed by atoms with van der Waals surface area (Å²) in [6, 6.07) is 0. The predicted octanol–water partition coefficient (Wildman–Crippen LogP) is 1.07. The van der Waals surface area contributed by atoms with Gasteiger partial charge in [-0.15, -0.1) is 0 Å². The molecule has 2 unspecified atom stereocenters. The minimum absolute atomic E-state index is 0.761. The highest BCUT2D eigenvalue weighted by atomic mass is 15.2. The van der Waals surface area contributed by atoms with Gasteiger partial charge in [0, 0.05) is 32.0 Å². The summed E-state index contributed by atoms with van der Waals surface area (Å²) >= 11 is 0. The average molecular weight is 234 g/mol. The zero-order valence-electron chi connectivity index (χ0n) is 10.4. The summed E-state index contributed by atoms with van der Waals surface area (Å²) in [4.78, 5) is 6.97. The molecule has 0 spiro atoms. The van der Waals surface area contributed by atoms with Gasteiger partial charge in [0.2, 0.25) is 0 Å². The average Bonchev–Trinajstić information content (AvgIpc) is 2.96. The molecule has 0 aromatic carbocycles. The van der Waals surface area contributed by atoms with Gasteiger partial charge in [-0.3, -0.25) is 4.90 Å². The molecule has 0 saturated heterocycles. The van der Waals surface area contributed by atoms with Crippen molar-refractivity contribution in [3.63, 3.8) is 0 Å². The molecule has 1 aromatic rings. The highest BCUT2D eigenvalue weighted by Gasteiger charge is 2.28. The third-order valence-electron chi connectivity index (χ3n) is 4.44. The predicted molar refractivity (Wildman–Crippen MR) is 67.4 cm³/mol. The van der Waals surface area contributed by atoms with Crippen molar-refractivity contribution in [2.75, 3.05) is 19.6 Å². The van der Waals surface area contributed by atoms with Gasteiger partial charge in [-0.05, 0) is 31.2 Å². The maximum absolute atomic E-state index is 5.85. The molecule has 1 aliphatic heterocycles. The van der Waals surface area contributed by atoms with Crippen LogP contribution in [-0.2, 0) is 13.1 Å². The summed E-state index contributed by atoms with van der Waals surface area (Å²) in [7, 11) is 0. The molecule has 2 atom stereocenters. The fourth-order valence-corrected chi connectivity index (χ4v) is 3.38. The minimum atomic E-state index is 0.761. The van der Waals surface area contributed by atoms with Crippen LogP contribution in [0.25, 0.3) is 0 Å². The first kappa shape index (κ1) is 11.2. The second kappa shape index (κ2) is 4.78. The smallest absolute Gasteiger partial charge is 0.122 e. The van der Waals surface area contributed by atoms with Crippen molar-refractivity contribution in [2.45, 2.75) is 32.4 Å². The van der Waals surface area contributed by atoms with Crippen molar-refractivity contribution in [1.82, 2.24) is 14.5 Å². The van der Waals surface area contributed by atoms with E-state index in [-0.39, 0.29) is 0 Å². The lowest BCUT2D eigenvalue weighted by atomic mass is 9.95. The first-order chi connectivity index (χ1) is 8.36. The lowest BCUT2D eigenvalue weighted by Gasteiger charge is -2.31. The molecule has 0 radical (unpaired) electrons. The Kier molecular flexibility index (Phi) is 3.16. The quantitative estimate of drug-likeness (QED) is 0.851. The van der Waals surface area contributed by atoms with Crippen molar-refractivity contribution in [3.05, 3.63) is 18.2 Å². The first-order valence-corrected chi connectivity index (χ1v) is 6.79. The summed E-state index contributed by atoms with van der Waals surface area (Å²) in [5.74, 6) is 2.80. The van der Waals surface area contributed by atoms with Gasteiger partial charge in [-0.25, -0.2) is 4.98 Å². The number of hydrogen-bond acceptors (Lipinski definition) is 3. The lowest BCUT2D eigenvalue weighted by Crippen LogP contribution is -2.38. The molecule has 1 fully saturated rings. The van der Waals surface area contributed by atoms with E-state index in [0.717, 1.165) is 38.0 Å². The lowest BCUT2D eigenvalue weighted by molar-refractivity contribution is 0.168. The van der Waals surface area contributed by atoms with Gasteiger partial charge in [0.25, 0.3) is 0 Å². The molecule has 3 rings (SSSR count). The topological polar surface area (TPSA) is 47.1 Å². The highest BCUT2D eigenvalue weighted by molar-refractivity contribution is 4.96. The Hall–Kier alpha value is -0.870. The number of fused-ring (bicyclic) bond motifs is 1. The first-order valence-electron chi connectivity index (χ1n) is 6.79. The number of nitrogens with two attached hydrogens (primary N) is 1. The molecule has 1 saturated carbocycles. The van der Waals surface area contributed by atoms with Gasteiger partial charge in [-0.2, -0.15) is 0 Å². The van der Waals surface area contributed by atoms with Crippen LogP contribution >= 0.6 is 0 Å². The second-order valence-corrected chi connectivity index (χ2v) is 5.46. The number of imidazole rings is 1. The molecule has 0 bridgehead atoms. The maximum atomic E-state index is 5.85. The zero-order valence-corrected chi connectivity index (χ0v) is 10.4. The SMILES string of the molecule is NCC1CCCC1CN1CCn2ccnc2C1. The van der Waals surface area contributed by atoms with E-state index in [4.69, 9.17) is 5.73 Å². The van der Waals surface area contributed by atoms with E-state index in [0.29, 0.717) is 0 Å². The maximum Gasteiger partial charge on any atom is 0.122 e. The van der Waals surface area contributed by atoms with E-state index in [1.54, 1.807) is 0 Å². The molecule has 2 N–H and O–H groups in total. The summed E-state index contributed by atoms with van der Waals surface area (Å²) < 4.78 is 2.27. The Morgan fingerprint density at radius 3 is 3.06 bits per heavy atom. The van der Waals surface area contributed by atoms with Crippen LogP contribution in [-0.4, -0.2) is 34.1 Å². The van der Waals surface area contributed by atoms with Gasteiger partial charge in [-0.1, -0.05) is 6.42 Å². The van der Waals surface area contributed by atoms with Gasteiger partial charge >= 0.3 is 0 Å². The second-order valence-electron chi connectivity index (χ2n) is 5.46. The summed E-state index contributed by atoms with van der Waals surface area (Å²) in [5, 5.41) is 0. The number of rotatable bonds is 3. The van der Waals surface area contributed by atoms with Crippen molar-refractivity contribution in [2.24, 2.45) is 17.6 Å². The van der Waals surface area contributed by atoms with E-state index >= 15 is 0 Å². The van der Waals surface area contributed by atoms with Crippen molar-refractivity contribution in [3.8, 4) is 0 Å². The fraction of sp³-hybridized carbons (Fsp3) is 0.769. The van der Waals surface area contributed by atoms with Crippen LogP contribution < -0.4 is 5.73 Å². The normalized spacial score (nSPS) is 29.5. The Labute approximate surface area is 103 Å². The van der Waals surface area contributed by atoms with Gasteiger partial charge in [0.1, 0.15) is 5.82 Å². The van der Waals surface area contributed by atoms with Crippen LogP contribution in [0.3, 0.4) is 0 Å². The van der Waals surface area contributed by atoms with Crippen LogP contribution in [0, 0.1) is 11.8 Å². The number of aromatic nitrogens is 2. The fourth-order valence-electron chi connectivity index (χ4n) is 3.38. The molecular weight excluding hydrogens is 212 g/mol. The van der Waals surface area contributed by atoms with Crippen molar-refractivity contribution in [1.29, 1.82) is 0 Å². The molecule has 2 heterocycles. The van der Waals surface area contributed by atoms with Gasteiger partial charge in [0.15, 0.2) is 0 Å². The number of nitrogens with zero attached hydrogens (tertiary/aromatic N) is 3. The third kappa shape index (κ3) is 2.24. The molecule has 17 heavy (non-hydrogen) atoms. The minimum Gasteiger partial charge on any atom is -0.333 e. The van der Waals surface area contributed by atoms with Crippen LogP contribution in [0.5, 0.6) is 0 Å². The summed E-state index contributed by atoms with van der Waals surface area (Å²) in [6.45, 7) is 5.36. The Morgan fingerprint density at radius 2 is 2.18 bits per heavy atom. The van der Waals surface area contributed by atoms with Gasteiger partial charge < -0.3 is 10.3 Å². The molecule has 4 heteroatoms. The molecule has 1 aromatic heterocycles. The van der Waals surface area contributed by atoms with Crippen molar-refractivity contribution >= 4 is 0 Å². The highest BCUT2D eigenvalue weighted by Crippen LogP contribution is 2.32. The summed E-state index contributed by atoms with van der Waals surface area (Å²) in [5.41, 5.74) is 5.85. The molecular formula is C13H22N4. The van der Waals surface area contributed by atoms with Crippen LogP contribution in [0.1, 0.15) is 25.1 Å². The third-order valence-corrected chi connectivity index (χ3v) is 4.44. The molecule has 2 aliphatic rings.